The van der Waals surface area contributed by atoms with Crippen LogP contribution in [0.2, 0.25) is 0 Å². The summed E-state index contributed by atoms with van der Waals surface area (Å²) in [6.45, 7) is 3.82. The van der Waals surface area contributed by atoms with Gasteiger partial charge in [0, 0.05) is 18.2 Å². The Labute approximate surface area is 104 Å². The lowest BCUT2D eigenvalue weighted by molar-refractivity contribution is 0.168. The maximum Gasteiger partial charge on any atom is 0.411 e. The van der Waals surface area contributed by atoms with Crippen LogP contribution < -0.4 is 5.32 Å². The molecule has 1 N–H and O–H groups in total. The van der Waals surface area contributed by atoms with Crippen LogP contribution >= 0.6 is 0 Å². The second-order valence-electron chi connectivity index (χ2n) is 3.55. The first kappa shape index (κ1) is 12.1. The predicted octanol–water partition coefficient (Wildman–Crippen LogP) is 2.61. The second-order valence-corrected chi connectivity index (χ2v) is 3.55. The highest BCUT2D eigenvalue weighted by Crippen LogP contribution is 2.19. The highest BCUT2D eigenvalue weighted by Gasteiger charge is 2.06. The molecule has 1 aromatic heterocycles. The number of hydrogen-bond donors (Lipinski definition) is 1. The first-order valence-electron chi connectivity index (χ1n) is 5.53. The van der Waals surface area contributed by atoms with Crippen molar-refractivity contribution < 1.29 is 13.9 Å². The van der Waals surface area contributed by atoms with Crippen molar-refractivity contribution in [2.24, 2.45) is 0 Å². The van der Waals surface area contributed by atoms with Crippen molar-refractivity contribution in [3.8, 4) is 11.5 Å². The molecule has 1 amide bonds. The third kappa shape index (κ3) is 2.85. The van der Waals surface area contributed by atoms with Gasteiger partial charge in [-0.05, 0) is 31.2 Å². The van der Waals surface area contributed by atoms with Crippen LogP contribution in [-0.2, 0) is 4.74 Å². The number of benzene rings is 1. The van der Waals surface area contributed by atoms with Gasteiger partial charge in [0.05, 0.1) is 6.61 Å². The lowest BCUT2D eigenvalue weighted by Crippen LogP contribution is -2.12. The molecule has 0 aliphatic carbocycles. The Morgan fingerprint density at radius 2 is 2.06 bits per heavy atom. The van der Waals surface area contributed by atoms with Crippen LogP contribution in [-0.4, -0.2) is 22.9 Å². The highest BCUT2D eigenvalue weighted by atomic mass is 16.5. The van der Waals surface area contributed by atoms with Crippen molar-refractivity contribution in [2.75, 3.05) is 11.9 Å². The molecule has 0 saturated carbocycles. The van der Waals surface area contributed by atoms with Crippen molar-refractivity contribution in [3.05, 3.63) is 30.2 Å². The Hall–Kier alpha value is -2.37. The van der Waals surface area contributed by atoms with Gasteiger partial charge in [0.1, 0.15) is 0 Å². The van der Waals surface area contributed by atoms with Gasteiger partial charge in [-0.2, -0.15) is 0 Å². The van der Waals surface area contributed by atoms with Crippen molar-refractivity contribution >= 4 is 11.8 Å². The number of aryl methyl sites for hydroxylation is 1. The summed E-state index contributed by atoms with van der Waals surface area (Å²) in [6.07, 6.45) is -0.473. The standard InChI is InChI=1S/C12H13N3O3/c1-3-17-12(16)13-10-6-4-9(5-7-10)11-15-14-8(2)18-11/h4-7H,3H2,1-2H3,(H,13,16). The monoisotopic (exact) mass is 247 g/mol. The van der Waals surface area contributed by atoms with Gasteiger partial charge in [0.25, 0.3) is 0 Å². The lowest BCUT2D eigenvalue weighted by Gasteiger charge is -2.05. The van der Waals surface area contributed by atoms with E-state index in [1.54, 1.807) is 38.1 Å². The van der Waals surface area contributed by atoms with Gasteiger partial charge in [-0.15, -0.1) is 10.2 Å². The number of aromatic nitrogens is 2. The summed E-state index contributed by atoms with van der Waals surface area (Å²) in [4.78, 5) is 11.2. The van der Waals surface area contributed by atoms with Crippen molar-refractivity contribution in [1.29, 1.82) is 0 Å². The normalized spacial score (nSPS) is 10.1. The number of nitrogens with zero attached hydrogens (tertiary/aromatic N) is 2. The molecule has 0 aliphatic rings. The van der Waals surface area contributed by atoms with E-state index in [1.807, 2.05) is 0 Å². The average Bonchev–Trinajstić information content (AvgIpc) is 2.77. The molecule has 0 bridgehead atoms. The Balaban J connectivity index is 2.08. The number of hydrogen-bond acceptors (Lipinski definition) is 5. The van der Waals surface area contributed by atoms with E-state index in [-0.39, 0.29) is 0 Å². The zero-order valence-corrected chi connectivity index (χ0v) is 10.1. The summed E-state index contributed by atoms with van der Waals surface area (Å²) < 4.78 is 10.1. The van der Waals surface area contributed by atoms with Gasteiger partial charge in [0.15, 0.2) is 0 Å². The van der Waals surface area contributed by atoms with Gasteiger partial charge in [-0.3, -0.25) is 5.32 Å². The summed E-state index contributed by atoms with van der Waals surface area (Å²) in [5.41, 5.74) is 1.44. The van der Waals surface area contributed by atoms with E-state index in [4.69, 9.17) is 9.15 Å². The SMILES string of the molecule is CCOC(=O)Nc1ccc(-c2nnc(C)o2)cc1. The number of carbonyl (C=O) groups is 1. The molecule has 0 fully saturated rings. The molecular formula is C12H13N3O3. The number of carbonyl (C=O) groups excluding carboxylic acids is 1. The van der Waals surface area contributed by atoms with Gasteiger partial charge < -0.3 is 9.15 Å². The smallest absolute Gasteiger partial charge is 0.411 e. The fourth-order valence-corrected chi connectivity index (χ4v) is 1.39. The van der Waals surface area contributed by atoms with Crippen LogP contribution in [0.25, 0.3) is 11.5 Å². The molecule has 0 aliphatic heterocycles. The van der Waals surface area contributed by atoms with E-state index in [0.717, 1.165) is 5.56 Å². The van der Waals surface area contributed by atoms with Crippen LogP contribution in [0.3, 0.4) is 0 Å². The minimum atomic E-state index is -0.473. The quantitative estimate of drug-likeness (QED) is 0.902. The topological polar surface area (TPSA) is 77.2 Å². The molecule has 1 aromatic carbocycles. The summed E-state index contributed by atoms with van der Waals surface area (Å²) in [5, 5.41) is 10.3. The lowest BCUT2D eigenvalue weighted by atomic mass is 10.2. The van der Waals surface area contributed by atoms with E-state index in [2.05, 4.69) is 15.5 Å². The summed E-state index contributed by atoms with van der Waals surface area (Å²) in [5.74, 6) is 0.967. The van der Waals surface area contributed by atoms with Crippen LogP contribution in [0.4, 0.5) is 10.5 Å². The Morgan fingerprint density at radius 1 is 1.33 bits per heavy atom. The number of amides is 1. The zero-order valence-electron chi connectivity index (χ0n) is 10.1. The molecule has 6 nitrogen and oxygen atoms in total. The molecule has 0 radical (unpaired) electrons. The average molecular weight is 247 g/mol. The van der Waals surface area contributed by atoms with Gasteiger partial charge >= 0.3 is 6.09 Å². The maximum absolute atomic E-state index is 11.2. The molecule has 6 heteroatoms. The van der Waals surface area contributed by atoms with E-state index in [1.165, 1.54) is 0 Å². The molecule has 0 unspecified atom stereocenters. The molecule has 0 atom stereocenters. The first-order chi connectivity index (χ1) is 8.69. The molecular weight excluding hydrogens is 234 g/mol. The summed E-state index contributed by atoms with van der Waals surface area (Å²) >= 11 is 0. The molecule has 1 heterocycles. The van der Waals surface area contributed by atoms with Crippen molar-refractivity contribution in [1.82, 2.24) is 10.2 Å². The molecule has 0 saturated heterocycles. The molecule has 2 aromatic rings. The highest BCUT2D eigenvalue weighted by molar-refractivity contribution is 5.84. The number of anilines is 1. The third-order valence-electron chi connectivity index (χ3n) is 2.18. The van der Waals surface area contributed by atoms with E-state index < -0.39 is 6.09 Å². The van der Waals surface area contributed by atoms with E-state index in [0.29, 0.717) is 24.1 Å². The first-order valence-corrected chi connectivity index (χ1v) is 5.53. The minimum Gasteiger partial charge on any atom is -0.450 e. The Bertz CT molecular complexity index is 534. The maximum atomic E-state index is 11.2. The molecule has 2 rings (SSSR count). The van der Waals surface area contributed by atoms with Crippen LogP contribution in [0, 0.1) is 6.92 Å². The largest absolute Gasteiger partial charge is 0.450 e. The second kappa shape index (κ2) is 5.31. The molecule has 0 spiro atoms. The van der Waals surface area contributed by atoms with Crippen molar-refractivity contribution in [3.63, 3.8) is 0 Å². The number of nitrogens with one attached hydrogen (secondary N) is 1. The fourth-order valence-electron chi connectivity index (χ4n) is 1.39. The summed E-state index contributed by atoms with van der Waals surface area (Å²) in [7, 11) is 0. The predicted molar refractivity (Wildman–Crippen MR) is 65.1 cm³/mol. The van der Waals surface area contributed by atoms with Crippen molar-refractivity contribution in [2.45, 2.75) is 13.8 Å². The summed E-state index contributed by atoms with van der Waals surface area (Å²) in [6, 6.07) is 7.06. The van der Waals surface area contributed by atoms with Gasteiger partial charge in [0.2, 0.25) is 11.8 Å². The minimum absolute atomic E-state index is 0.338. The van der Waals surface area contributed by atoms with Gasteiger partial charge in [-0.1, -0.05) is 0 Å². The van der Waals surface area contributed by atoms with E-state index >= 15 is 0 Å². The van der Waals surface area contributed by atoms with Crippen LogP contribution in [0.1, 0.15) is 12.8 Å². The fraction of sp³-hybridized carbons (Fsp3) is 0.250. The van der Waals surface area contributed by atoms with Gasteiger partial charge in [-0.25, -0.2) is 4.79 Å². The van der Waals surface area contributed by atoms with E-state index in [9.17, 15) is 4.79 Å². The Morgan fingerprint density at radius 3 is 2.61 bits per heavy atom. The molecule has 94 valence electrons. The number of ether oxygens (including phenoxy) is 1. The Kier molecular flexibility index (Phi) is 3.57. The molecule has 18 heavy (non-hydrogen) atoms. The third-order valence-corrected chi connectivity index (χ3v) is 2.18. The van der Waals surface area contributed by atoms with Crippen LogP contribution in [0.15, 0.2) is 28.7 Å². The number of rotatable bonds is 3. The van der Waals surface area contributed by atoms with Crippen LogP contribution in [0.5, 0.6) is 0 Å². The zero-order chi connectivity index (χ0) is 13.0.